The molecule has 0 saturated carbocycles. The normalized spacial score (nSPS) is 14.4. The number of rotatable bonds is 8. The first-order chi connectivity index (χ1) is 16.5. The minimum Gasteiger partial charge on any atom is -0.465 e. The predicted octanol–water partition coefficient (Wildman–Crippen LogP) is 3.45. The van der Waals surface area contributed by atoms with E-state index < -0.39 is 5.97 Å². The number of aromatic nitrogens is 3. The van der Waals surface area contributed by atoms with Gasteiger partial charge in [-0.15, -0.1) is 0 Å². The smallest absolute Gasteiger partial charge is 0.341 e. The number of methoxy groups -OCH3 is 1. The van der Waals surface area contributed by atoms with Gasteiger partial charge in [-0.05, 0) is 36.8 Å². The molecule has 1 saturated heterocycles. The number of esters is 1. The largest absolute Gasteiger partial charge is 0.465 e. The molecule has 34 heavy (non-hydrogen) atoms. The number of carbonyl (C=O) groups excluding carboxylic acids is 2. The van der Waals surface area contributed by atoms with Gasteiger partial charge < -0.3 is 19.1 Å². The van der Waals surface area contributed by atoms with E-state index in [2.05, 4.69) is 56.9 Å². The van der Waals surface area contributed by atoms with Crippen LogP contribution < -0.4 is 4.90 Å². The third kappa shape index (κ3) is 5.21. The molecule has 1 fully saturated rings. The first-order valence-electron chi connectivity index (χ1n) is 12.0. The number of hydrogen-bond acceptors (Lipinski definition) is 6. The summed E-state index contributed by atoms with van der Waals surface area (Å²) in [5.41, 5.74) is 2.86. The number of fused-ring (bicyclic) bond motifs is 1. The maximum atomic E-state index is 12.7. The number of amides is 1. The topological polar surface area (TPSA) is 80.6 Å². The lowest BCUT2D eigenvalue weighted by molar-refractivity contribution is -0.131. The van der Waals surface area contributed by atoms with Crippen molar-refractivity contribution >= 4 is 28.7 Å². The van der Waals surface area contributed by atoms with Gasteiger partial charge in [0.2, 0.25) is 11.9 Å². The maximum Gasteiger partial charge on any atom is 0.341 e. The first-order valence-corrected chi connectivity index (χ1v) is 12.0. The van der Waals surface area contributed by atoms with Gasteiger partial charge >= 0.3 is 5.97 Å². The van der Waals surface area contributed by atoms with Crippen LogP contribution in [0.4, 0.5) is 5.95 Å². The minimum atomic E-state index is -0.436. The van der Waals surface area contributed by atoms with E-state index in [0.29, 0.717) is 23.9 Å². The molecule has 180 valence electrons. The molecule has 0 aliphatic carbocycles. The molecule has 4 rings (SSSR count). The molecule has 0 N–H and O–H groups in total. The van der Waals surface area contributed by atoms with Crippen molar-refractivity contribution in [1.82, 2.24) is 19.4 Å². The standard InChI is InChI=1S/C26H33N5O3/c1-4-24(32)31(14-11-20-18-29(2)23-8-6-5-7-22(20)23)17-19-9-12-30(13-10-19)26-27-15-21(16-28-26)25(33)34-3/h5-8,15-16,18-19H,4,9-14,17H2,1-3H3. The van der Waals surface area contributed by atoms with Crippen LogP contribution in [-0.4, -0.2) is 64.6 Å². The molecule has 2 aromatic heterocycles. The van der Waals surface area contributed by atoms with Gasteiger partial charge in [0, 0.05) is 69.1 Å². The number of nitrogens with zero attached hydrogens (tertiary/aromatic N) is 5. The van der Waals surface area contributed by atoms with Crippen LogP contribution in [0.15, 0.2) is 42.9 Å². The monoisotopic (exact) mass is 463 g/mol. The number of benzene rings is 1. The molecule has 3 heterocycles. The zero-order chi connectivity index (χ0) is 24.1. The van der Waals surface area contributed by atoms with E-state index in [1.807, 2.05) is 11.8 Å². The lowest BCUT2D eigenvalue weighted by Crippen LogP contribution is -2.42. The molecule has 0 atom stereocenters. The Hall–Kier alpha value is -3.42. The van der Waals surface area contributed by atoms with Gasteiger partial charge in [-0.3, -0.25) is 4.79 Å². The Morgan fingerprint density at radius 1 is 1.15 bits per heavy atom. The van der Waals surface area contributed by atoms with E-state index in [4.69, 9.17) is 4.74 Å². The molecule has 0 spiro atoms. The molecule has 1 aliphatic rings. The molecular weight excluding hydrogens is 430 g/mol. The molecule has 0 unspecified atom stereocenters. The molecular formula is C26H33N5O3. The quantitative estimate of drug-likeness (QED) is 0.476. The highest BCUT2D eigenvalue weighted by molar-refractivity contribution is 5.88. The molecule has 1 amide bonds. The Morgan fingerprint density at radius 3 is 2.53 bits per heavy atom. The summed E-state index contributed by atoms with van der Waals surface area (Å²) in [6.45, 7) is 5.12. The number of ether oxygens (including phenoxy) is 1. The minimum absolute atomic E-state index is 0.212. The van der Waals surface area contributed by atoms with E-state index in [1.165, 1.54) is 36.0 Å². The average Bonchev–Trinajstić information content (AvgIpc) is 3.21. The van der Waals surface area contributed by atoms with Crippen molar-refractivity contribution in [1.29, 1.82) is 0 Å². The van der Waals surface area contributed by atoms with Gasteiger partial charge in [0.05, 0.1) is 12.7 Å². The number of hydrogen-bond donors (Lipinski definition) is 0. The average molecular weight is 464 g/mol. The summed E-state index contributed by atoms with van der Waals surface area (Å²) in [5, 5.41) is 1.26. The van der Waals surface area contributed by atoms with Crippen molar-refractivity contribution in [2.75, 3.05) is 38.2 Å². The SMILES string of the molecule is CCC(=O)N(CCc1cn(C)c2ccccc12)CC1CCN(c2ncc(C(=O)OC)cn2)CC1. The van der Waals surface area contributed by atoms with Gasteiger partial charge in [0.1, 0.15) is 0 Å². The summed E-state index contributed by atoms with van der Waals surface area (Å²) in [7, 11) is 3.41. The molecule has 0 bridgehead atoms. The lowest BCUT2D eigenvalue weighted by Gasteiger charge is -2.35. The van der Waals surface area contributed by atoms with Crippen LogP contribution in [0.2, 0.25) is 0 Å². The third-order valence-electron chi connectivity index (χ3n) is 6.72. The summed E-state index contributed by atoms with van der Waals surface area (Å²) in [6, 6.07) is 8.42. The predicted molar refractivity (Wildman–Crippen MR) is 132 cm³/mol. The number of anilines is 1. The highest BCUT2D eigenvalue weighted by Crippen LogP contribution is 2.24. The highest BCUT2D eigenvalue weighted by Gasteiger charge is 2.25. The second kappa shape index (κ2) is 10.7. The van der Waals surface area contributed by atoms with Crippen molar-refractivity contribution in [3.8, 4) is 0 Å². The Labute approximate surface area is 200 Å². The molecule has 1 aromatic carbocycles. The van der Waals surface area contributed by atoms with E-state index >= 15 is 0 Å². The fourth-order valence-corrected chi connectivity index (χ4v) is 4.76. The Bertz CT molecular complexity index is 1130. The third-order valence-corrected chi connectivity index (χ3v) is 6.72. The Morgan fingerprint density at radius 2 is 1.85 bits per heavy atom. The summed E-state index contributed by atoms with van der Waals surface area (Å²) in [5.74, 6) is 0.857. The zero-order valence-electron chi connectivity index (χ0n) is 20.2. The second-order valence-corrected chi connectivity index (χ2v) is 8.92. The summed E-state index contributed by atoms with van der Waals surface area (Å²) >= 11 is 0. The van der Waals surface area contributed by atoms with E-state index in [-0.39, 0.29) is 5.91 Å². The fourth-order valence-electron chi connectivity index (χ4n) is 4.76. The molecule has 3 aromatic rings. The number of carbonyl (C=O) groups is 2. The van der Waals surface area contributed by atoms with Crippen LogP contribution in [0.25, 0.3) is 10.9 Å². The van der Waals surface area contributed by atoms with Crippen LogP contribution in [0.3, 0.4) is 0 Å². The summed E-state index contributed by atoms with van der Waals surface area (Å²) in [6.07, 6.45) is 8.53. The molecule has 8 heteroatoms. The summed E-state index contributed by atoms with van der Waals surface area (Å²) in [4.78, 5) is 37.2. The highest BCUT2D eigenvalue weighted by atomic mass is 16.5. The van der Waals surface area contributed by atoms with Crippen LogP contribution in [0.5, 0.6) is 0 Å². The van der Waals surface area contributed by atoms with E-state index in [0.717, 1.165) is 45.4 Å². The van der Waals surface area contributed by atoms with E-state index in [1.54, 1.807) is 0 Å². The second-order valence-electron chi connectivity index (χ2n) is 8.92. The molecule has 0 radical (unpaired) electrons. The number of para-hydroxylation sites is 1. The summed E-state index contributed by atoms with van der Waals surface area (Å²) < 4.78 is 6.86. The van der Waals surface area contributed by atoms with Crippen molar-refractivity contribution in [2.45, 2.75) is 32.6 Å². The zero-order valence-corrected chi connectivity index (χ0v) is 20.2. The van der Waals surface area contributed by atoms with Crippen molar-refractivity contribution in [3.63, 3.8) is 0 Å². The molecule has 8 nitrogen and oxygen atoms in total. The number of aryl methyl sites for hydroxylation is 1. The van der Waals surface area contributed by atoms with Crippen molar-refractivity contribution in [2.24, 2.45) is 13.0 Å². The van der Waals surface area contributed by atoms with Crippen LogP contribution in [0.1, 0.15) is 42.1 Å². The maximum absolute atomic E-state index is 12.7. The van der Waals surface area contributed by atoms with Crippen LogP contribution in [-0.2, 0) is 23.0 Å². The Balaban J connectivity index is 1.34. The Kier molecular flexibility index (Phi) is 7.45. The fraction of sp³-hybridized carbons (Fsp3) is 0.462. The van der Waals surface area contributed by atoms with Gasteiger partial charge in [-0.25, -0.2) is 14.8 Å². The first kappa shape index (κ1) is 23.7. The van der Waals surface area contributed by atoms with Crippen LogP contribution >= 0.6 is 0 Å². The van der Waals surface area contributed by atoms with Crippen molar-refractivity contribution < 1.29 is 14.3 Å². The van der Waals surface area contributed by atoms with Gasteiger partial charge in [-0.1, -0.05) is 25.1 Å². The number of piperidine rings is 1. The van der Waals surface area contributed by atoms with Crippen molar-refractivity contribution in [3.05, 3.63) is 54.0 Å². The van der Waals surface area contributed by atoms with Crippen LogP contribution in [0, 0.1) is 5.92 Å². The van der Waals surface area contributed by atoms with E-state index in [9.17, 15) is 9.59 Å². The van der Waals surface area contributed by atoms with Gasteiger partial charge in [-0.2, -0.15) is 0 Å². The molecule has 1 aliphatic heterocycles. The lowest BCUT2D eigenvalue weighted by atomic mass is 9.96. The van der Waals surface area contributed by atoms with Gasteiger partial charge in [0.15, 0.2) is 0 Å². The van der Waals surface area contributed by atoms with Gasteiger partial charge in [0.25, 0.3) is 0 Å².